The van der Waals surface area contributed by atoms with Gasteiger partial charge in [-0.25, -0.2) is 9.59 Å². The predicted molar refractivity (Wildman–Crippen MR) is 137 cm³/mol. The van der Waals surface area contributed by atoms with E-state index in [9.17, 15) is 14.4 Å². The molecule has 0 radical (unpaired) electrons. The molecule has 0 aromatic heterocycles. The fourth-order valence-electron chi connectivity index (χ4n) is 2.78. The molecular weight excluding hydrogens is 484 g/mol. The van der Waals surface area contributed by atoms with E-state index < -0.39 is 18.1 Å². The highest BCUT2D eigenvalue weighted by Crippen LogP contribution is 2.33. The minimum Gasteiger partial charge on any atom is -0.484 e. The third-order valence-electron chi connectivity index (χ3n) is 4.39. The Balaban J connectivity index is 1.85. The largest absolute Gasteiger partial charge is 0.484 e. The smallest absolute Gasteiger partial charge is 0.436 e. The number of guanidine groups is 1. The van der Waals surface area contributed by atoms with Crippen LogP contribution >= 0.6 is 11.8 Å². The van der Waals surface area contributed by atoms with E-state index in [1.807, 2.05) is 42.5 Å². The van der Waals surface area contributed by atoms with Crippen LogP contribution in [-0.2, 0) is 14.3 Å². The van der Waals surface area contributed by atoms with Crippen molar-refractivity contribution in [2.45, 2.75) is 9.79 Å². The lowest BCUT2D eigenvalue weighted by molar-refractivity contribution is -0.118. The summed E-state index contributed by atoms with van der Waals surface area (Å²) in [5.74, 6) is -0.126. The van der Waals surface area contributed by atoms with Crippen molar-refractivity contribution in [1.29, 1.82) is 0 Å². The monoisotopic (exact) mass is 508 g/mol. The van der Waals surface area contributed by atoms with Crippen molar-refractivity contribution in [1.82, 2.24) is 5.32 Å². The summed E-state index contributed by atoms with van der Waals surface area (Å²) in [4.78, 5) is 41.6. The van der Waals surface area contributed by atoms with Gasteiger partial charge in [0.25, 0.3) is 5.91 Å². The number of hydrogen-bond acceptors (Lipinski definition) is 7. The Morgan fingerprint density at radius 2 is 1.50 bits per heavy atom. The molecule has 3 aromatic rings. The molecule has 36 heavy (non-hydrogen) atoms. The molecule has 0 saturated heterocycles. The van der Waals surface area contributed by atoms with E-state index in [1.165, 1.54) is 18.9 Å². The topological polar surface area (TPSA) is 127 Å². The van der Waals surface area contributed by atoms with Crippen LogP contribution in [0, 0.1) is 0 Å². The van der Waals surface area contributed by atoms with Gasteiger partial charge in [-0.05, 0) is 42.5 Å². The van der Waals surface area contributed by atoms with Gasteiger partial charge in [0.2, 0.25) is 5.96 Å². The summed E-state index contributed by atoms with van der Waals surface area (Å²) in [5.41, 5.74) is 0.710. The molecule has 186 valence electrons. The molecule has 0 saturated carbocycles. The molecule has 0 unspecified atom stereocenters. The SMILES string of the molecule is COC(=O)/N=C(/NC(=O)OC)Nc1ccc(Sc2ccccc2)cc1NC(=O)COc1ccccc1. The molecule has 11 heteroatoms. The molecule has 3 N–H and O–H groups in total. The highest BCUT2D eigenvalue weighted by atomic mass is 32.2. The van der Waals surface area contributed by atoms with Gasteiger partial charge >= 0.3 is 12.2 Å². The van der Waals surface area contributed by atoms with E-state index >= 15 is 0 Å². The summed E-state index contributed by atoms with van der Waals surface area (Å²) < 4.78 is 14.6. The first-order valence-corrected chi connectivity index (χ1v) is 11.4. The molecule has 0 atom stereocenters. The molecule has 10 nitrogen and oxygen atoms in total. The Hall–Kier alpha value is -4.51. The average Bonchev–Trinajstić information content (AvgIpc) is 2.90. The minimum atomic E-state index is -0.952. The first-order chi connectivity index (χ1) is 17.5. The van der Waals surface area contributed by atoms with E-state index in [2.05, 4.69) is 30.4 Å². The van der Waals surface area contributed by atoms with Gasteiger partial charge in [0, 0.05) is 9.79 Å². The zero-order valence-corrected chi connectivity index (χ0v) is 20.3. The molecule has 0 spiro atoms. The van der Waals surface area contributed by atoms with Crippen molar-refractivity contribution in [3.05, 3.63) is 78.9 Å². The number of para-hydroxylation sites is 1. The maximum Gasteiger partial charge on any atom is 0.436 e. The summed E-state index contributed by atoms with van der Waals surface area (Å²) in [6, 6.07) is 23.9. The number of nitrogens with zero attached hydrogens (tertiary/aromatic N) is 1. The first-order valence-electron chi connectivity index (χ1n) is 10.6. The summed E-state index contributed by atoms with van der Waals surface area (Å²) in [6.45, 7) is -0.233. The fourth-order valence-corrected chi connectivity index (χ4v) is 3.65. The summed E-state index contributed by atoms with van der Waals surface area (Å²) in [5, 5.41) is 7.91. The van der Waals surface area contributed by atoms with Crippen molar-refractivity contribution in [2.75, 3.05) is 31.5 Å². The van der Waals surface area contributed by atoms with Gasteiger partial charge in [-0.1, -0.05) is 48.2 Å². The molecule has 3 aromatic carbocycles. The fraction of sp³-hybridized carbons (Fsp3) is 0.120. The number of nitrogens with one attached hydrogen (secondary N) is 3. The van der Waals surface area contributed by atoms with Gasteiger partial charge in [-0.15, -0.1) is 4.99 Å². The molecule has 0 aliphatic heterocycles. The lowest BCUT2D eigenvalue weighted by Crippen LogP contribution is -2.37. The number of alkyl carbamates (subject to hydrolysis) is 1. The van der Waals surface area contributed by atoms with Crippen LogP contribution in [0.25, 0.3) is 0 Å². The van der Waals surface area contributed by atoms with Crippen molar-refractivity contribution >= 4 is 47.2 Å². The number of benzene rings is 3. The second-order valence-corrected chi connectivity index (χ2v) is 8.09. The number of hydrogen-bond donors (Lipinski definition) is 3. The lowest BCUT2D eigenvalue weighted by Gasteiger charge is -2.16. The van der Waals surface area contributed by atoms with Crippen LogP contribution in [0.1, 0.15) is 0 Å². The second kappa shape index (κ2) is 13.4. The average molecular weight is 509 g/mol. The van der Waals surface area contributed by atoms with E-state index in [-0.39, 0.29) is 12.6 Å². The van der Waals surface area contributed by atoms with Crippen LogP contribution in [0.3, 0.4) is 0 Å². The Morgan fingerprint density at radius 1 is 0.806 bits per heavy atom. The number of rotatable bonds is 7. The molecule has 0 heterocycles. The molecule has 3 amide bonds. The highest BCUT2D eigenvalue weighted by Gasteiger charge is 2.15. The summed E-state index contributed by atoms with van der Waals surface area (Å²) in [6.07, 6.45) is -1.81. The molecule has 0 aliphatic rings. The summed E-state index contributed by atoms with van der Waals surface area (Å²) >= 11 is 1.49. The zero-order chi connectivity index (χ0) is 25.8. The van der Waals surface area contributed by atoms with Gasteiger partial charge in [0.1, 0.15) is 5.75 Å². The molecule has 0 aliphatic carbocycles. The van der Waals surface area contributed by atoms with Crippen LogP contribution in [0.2, 0.25) is 0 Å². The van der Waals surface area contributed by atoms with E-state index in [0.29, 0.717) is 17.1 Å². The van der Waals surface area contributed by atoms with E-state index in [4.69, 9.17) is 4.74 Å². The lowest BCUT2D eigenvalue weighted by atomic mass is 10.2. The van der Waals surface area contributed by atoms with Gasteiger partial charge in [0.15, 0.2) is 6.61 Å². The zero-order valence-electron chi connectivity index (χ0n) is 19.5. The minimum absolute atomic E-state index is 0.233. The van der Waals surface area contributed by atoms with Gasteiger partial charge in [-0.2, -0.15) is 0 Å². The third kappa shape index (κ3) is 8.37. The van der Waals surface area contributed by atoms with Crippen LogP contribution in [-0.4, -0.2) is 44.9 Å². The molecule has 0 fully saturated rings. The molecule has 3 rings (SSSR count). The van der Waals surface area contributed by atoms with Gasteiger partial charge < -0.3 is 24.8 Å². The van der Waals surface area contributed by atoms with Crippen molar-refractivity contribution in [3.63, 3.8) is 0 Å². The number of aliphatic imine (C=N–C) groups is 1. The van der Waals surface area contributed by atoms with Crippen molar-refractivity contribution in [2.24, 2.45) is 4.99 Å². The predicted octanol–water partition coefficient (Wildman–Crippen LogP) is 4.75. The first kappa shape index (κ1) is 26.1. The normalized spacial score (nSPS) is 10.7. The van der Waals surface area contributed by atoms with Crippen LogP contribution in [0.15, 0.2) is 93.6 Å². The van der Waals surface area contributed by atoms with Crippen LogP contribution < -0.4 is 20.7 Å². The van der Waals surface area contributed by atoms with Crippen LogP contribution in [0.5, 0.6) is 5.75 Å². The van der Waals surface area contributed by atoms with Crippen LogP contribution in [0.4, 0.5) is 21.0 Å². The highest BCUT2D eigenvalue weighted by molar-refractivity contribution is 7.99. The Bertz CT molecular complexity index is 1220. The maximum atomic E-state index is 12.7. The van der Waals surface area contributed by atoms with Crippen molar-refractivity contribution in [3.8, 4) is 5.75 Å². The van der Waals surface area contributed by atoms with E-state index in [1.54, 1.807) is 36.4 Å². The summed E-state index contributed by atoms with van der Waals surface area (Å²) in [7, 11) is 2.31. The Kier molecular flexibility index (Phi) is 9.71. The standard InChI is InChI=1S/C25H24N4O6S/c1-33-24(31)28-23(29-25(32)34-2)27-20-14-13-19(36-18-11-7-4-8-12-18)15-21(20)26-22(30)16-35-17-9-5-3-6-10-17/h3-15H,16H2,1-2H3,(H,26,30)(H2,27,28,29,31,32). The number of amides is 3. The van der Waals surface area contributed by atoms with Gasteiger partial charge in [-0.3, -0.25) is 10.1 Å². The molecule has 0 bridgehead atoms. The third-order valence-corrected chi connectivity index (χ3v) is 5.39. The number of anilines is 2. The number of carbonyl (C=O) groups is 3. The second-order valence-electron chi connectivity index (χ2n) is 6.94. The molecular formula is C25H24N4O6S. The quantitative estimate of drug-likeness (QED) is 0.308. The Morgan fingerprint density at radius 3 is 2.17 bits per heavy atom. The maximum absolute atomic E-state index is 12.7. The Labute approximate surface area is 212 Å². The number of methoxy groups -OCH3 is 2. The van der Waals surface area contributed by atoms with E-state index in [0.717, 1.165) is 16.9 Å². The van der Waals surface area contributed by atoms with Crippen molar-refractivity contribution < 1.29 is 28.6 Å². The van der Waals surface area contributed by atoms with Gasteiger partial charge in [0.05, 0.1) is 25.6 Å². The number of carbonyl (C=O) groups excluding carboxylic acids is 3. The number of ether oxygens (including phenoxy) is 3.